The first-order valence-corrected chi connectivity index (χ1v) is 7.91. The van der Waals surface area contributed by atoms with Crippen LogP contribution in [-0.2, 0) is 0 Å². The molecular formula is C13H26N2S. The summed E-state index contributed by atoms with van der Waals surface area (Å²) in [4.78, 5) is 2.70. The molecule has 2 N–H and O–H groups in total. The summed E-state index contributed by atoms with van der Waals surface area (Å²) in [5.74, 6) is 4.44. The molecule has 2 nitrogen and oxygen atoms in total. The Hall–Kier alpha value is 0.270. The molecule has 0 bridgehead atoms. The van der Waals surface area contributed by atoms with Crippen LogP contribution < -0.4 is 5.73 Å². The van der Waals surface area contributed by atoms with Crippen molar-refractivity contribution in [2.45, 2.75) is 45.2 Å². The molecule has 4 unspecified atom stereocenters. The number of hydrogen-bond acceptors (Lipinski definition) is 3. The van der Waals surface area contributed by atoms with E-state index in [9.17, 15) is 0 Å². The second-order valence-electron chi connectivity index (χ2n) is 5.64. The Morgan fingerprint density at radius 3 is 2.75 bits per heavy atom. The van der Waals surface area contributed by atoms with E-state index in [4.69, 9.17) is 5.73 Å². The van der Waals surface area contributed by atoms with Gasteiger partial charge in [-0.05, 0) is 56.1 Å². The van der Waals surface area contributed by atoms with Crippen LogP contribution >= 0.6 is 11.8 Å². The van der Waals surface area contributed by atoms with E-state index in [0.29, 0.717) is 6.04 Å². The molecule has 0 aromatic heterocycles. The zero-order valence-corrected chi connectivity index (χ0v) is 11.5. The van der Waals surface area contributed by atoms with Crippen LogP contribution in [0.2, 0.25) is 0 Å². The van der Waals surface area contributed by atoms with Crippen LogP contribution in [0.4, 0.5) is 0 Å². The number of likely N-dealkylation sites (tertiary alicyclic amines) is 1. The van der Waals surface area contributed by atoms with E-state index in [1.165, 1.54) is 37.3 Å². The first kappa shape index (κ1) is 12.7. The number of rotatable bonds is 3. The number of nitrogens with two attached hydrogens (primary N) is 1. The SMILES string of the molecule is CC1CCN(C(CN)C2CCSC2)C(C)C1. The van der Waals surface area contributed by atoms with E-state index in [2.05, 4.69) is 30.5 Å². The molecule has 2 fully saturated rings. The van der Waals surface area contributed by atoms with E-state index in [0.717, 1.165) is 24.4 Å². The largest absolute Gasteiger partial charge is 0.329 e. The average Bonchev–Trinajstić information content (AvgIpc) is 2.75. The van der Waals surface area contributed by atoms with Gasteiger partial charge in [-0.3, -0.25) is 4.90 Å². The fraction of sp³-hybridized carbons (Fsp3) is 1.00. The number of thioether (sulfide) groups is 1. The van der Waals surface area contributed by atoms with Crippen molar-refractivity contribution in [3.8, 4) is 0 Å². The summed E-state index contributed by atoms with van der Waals surface area (Å²) >= 11 is 2.11. The summed E-state index contributed by atoms with van der Waals surface area (Å²) in [5, 5.41) is 0. The molecule has 2 heterocycles. The smallest absolute Gasteiger partial charge is 0.0257 e. The van der Waals surface area contributed by atoms with Gasteiger partial charge in [0.2, 0.25) is 0 Å². The summed E-state index contributed by atoms with van der Waals surface area (Å²) in [7, 11) is 0. The molecular weight excluding hydrogens is 216 g/mol. The summed E-state index contributed by atoms with van der Waals surface area (Å²) in [6.07, 6.45) is 4.10. The molecule has 0 spiro atoms. The van der Waals surface area contributed by atoms with Gasteiger partial charge in [0.05, 0.1) is 0 Å². The van der Waals surface area contributed by atoms with Crippen LogP contribution in [0.1, 0.15) is 33.1 Å². The van der Waals surface area contributed by atoms with Crippen molar-refractivity contribution >= 4 is 11.8 Å². The molecule has 4 atom stereocenters. The molecule has 94 valence electrons. The highest BCUT2D eigenvalue weighted by molar-refractivity contribution is 7.99. The first-order chi connectivity index (χ1) is 7.72. The third kappa shape index (κ3) is 2.74. The molecule has 0 aromatic rings. The van der Waals surface area contributed by atoms with Crippen LogP contribution in [0.5, 0.6) is 0 Å². The van der Waals surface area contributed by atoms with Crippen molar-refractivity contribution in [2.75, 3.05) is 24.6 Å². The van der Waals surface area contributed by atoms with Gasteiger partial charge in [0.1, 0.15) is 0 Å². The standard InChI is InChI=1S/C13H26N2S/c1-10-3-5-15(11(2)7-10)13(8-14)12-4-6-16-9-12/h10-13H,3-9,14H2,1-2H3. The van der Waals surface area contributed by atoms with Gasteiger partial charge in [-0.25, -0.2) is 0 Å². The maximum Gasteiger partial charge on any atom is 0.0257 e. The Balaban J connectivity index is 1.97. The van der Waals surface area contributed by atoms with Gasteiger partial charge in [-0.15, -0.1) is 0 Å². The monoisotopic (exact) mass is 242 g/mol. The summed E-state index contributed by atoms with van der Waals surface area (Å²) in [6.45, 7) is 6.90. The summed E-state index contributed by atoms with van der Waals surface area (Å²) < 4.78 is 0. The van der Waals surface area contributed by atoms with Crippen LogP contribution in [0.15, 0.2) is 0 Å². The molecule has 2 aliphatic heterocycles. The van der Waals surface area contributed by atoms with Crippen LogP contribution in [-0.4, -0.2) is 41.6 Å². The lowest BCUT2D eigenvalue weighted by atomic mass is 9.88. The normalized spacial score (nSPS) is 38.8. The molecule has 0 saturated carbocycles. The van der Waals surface area contributed by atoms with Gasteiger partial charge in [-0.2, -0.15) is 11.8 Å². The van der Waals surface area contributed by atoms with E-state index >= 15 is 0 Å². The zero-order valence-electron chi connectivity index (χ0n) is 10.7. The number of hydrogen-bond donors (Lipinski definition) is 1. The fourth-order valence-electron chi connectivity index (χ4n) is 3.37. The van der Waals surface area contributed by atoms with E-state index in [-0.39, 0.29) is 0 Å². The molecule has 0 amide bonds. The first-order valence-electron chi connectivity index (χ1n) is 6.76. The van der Waals surface area contributed by atoms with Gasteiger partial charge in [-0.1, -0.05) is 6.92 Å². The maximum atomic E-state index is 6.03. The lowest BCUT2D eigenvalue weighted by molar-refractivity contribution is 0.0608. The molecule has 2 saturated heterocycles. The Bertz CT molecular complexity index is 216. The topological polar surface area (TPSA) is 29.3 Å². The lowest BCUT2D eigenvalue weighted by Gasteiger charge is -2.43. The van der Waals surface area contributed by atoms with Crippen LogP contribution in [0.3, 0.4) is 0 Å². The number of nitrogens with zero attached hydrogens (tertiary/aromatic N) is 1. The Morgan fingerprint density at radius 1 is 1.38 bits per heavy atom. The van der Waals surface area contributed by atoms with Gasteiger partial charge >= 0.3 is 0 Å². The Morgan fingerprint density at radius 2 is 2.19 bits per heavy atom. The maximum absolute atomic E-state index is 6.03. The summed E-state index contributed by atoms with van der Waals surface area (Å²) in [6, 6.07) is 1.39. The van der Waals surface area contributed by atoms with E-state index in [1.54, 1.807) is 0 Å². The van der Waals surface area contributed by atoms with Gasteiger partial charge in [0.15, 0.2) is 0 Å². The molecule has 0 radical (unpaired) electrons. The summed E-state index contributed by atoms with van der Waals surface area (Å²) in [5.41, 5.74) is 6.03. The molecule has 0 aromatic carbocycles. The van der Waals surface area contributed by atoms with Gasteiger partial charge in [0, 0.05) is 18.6 Å². The molecule has 0 aliphatic carbocycles. The third-order valence-corrected chi connectivity index (χ3v) is 5.55. The predicted molar refractivity (Wildman–Crippen MR) is 72.8 cm³/mol. The Labute approximate surface area is 104 Å². The minimum Gasteiger partial charge on any atom is -0.329 e. The van der Waals surface area contributed by atoms with Crippen molar-refractivity contribution in [1.82, 2.24) is 4.90 Å². The highest BCUT2D eigenvalue weighted by Crippen LogP contribution is 2.32. The van der Waals surface area contributed by atoms with Crippen molar-refractivity contribution in [3.05, 3.63) is 0 Å². The fourth-order valence-corrected chi connectivity index (χ4v) is 4.70. The lowest BCUT2D eigenvalue weighted by Crippen LogP contribution is -2.52. The minimum absolute atomic E-state index is 0.650. The highest BCUT2D eigenvalue weighted by atomic mass is 32.2. The second kappa shape index (κ2) is 5.74. The van der Waals surface area contributed by atoms with Gasteiger partial charge in [0.25, 0.3) is 0 Å². The van der Waals surface area contributed by atoms with E-state index in [1.807, 2.05) is 0 Å². The quantitative estimate of drug-likeness (QED) is 0.822. The van der Waals surface area contributed by atoms with Crippen molar-refractivity contribution in [3.63, 3.8) is 0 Å². The van der Waals surface area contributed by atoms with Crippen LogP contribution in [0, 0.1) is 11.8 Å². The third-order valence-electron chi connectivity index (χ3n) is 4.37. The number of piperidine rings is 1. The minimum atomic E-state index is 0.650. The van der Waals surface area contributed by atoms with Crippen molar-refractivity contribution in [1.29, 1.82) is 0 Å². The second-order valence-corrected chi connectivity index (χ2v) is 6.79. The predicted octanol–water partition coefficient (Wildman–Crippen LogP) is 2.19. The molecule has 2 aliphatic rings. The van der Waals surface area contributed by atoms with Crippen LogP contribution in [0.25, 0.3) is 0 Å². The van der Waals surface area contributed by atoms with Crippen molar-refractivity contribution < 1.29 is 0 Å². The molecule has 16 heavy (non-hydrogen) atoms. The molecule has 3 heteroatoms. The average molecular weight is 242 g/mol. The van der Waals surface area contributed by atoms with Crippen molar-refractivity contribution in [2.24, 2.45) is 17.6 Å². The van der Waals surface area contributed by atoms with Gasteiger partial charge < -0.3 is 5.73 Å². The van der Waals surface area contributed by atoms with E-state index < -0.39 is 0 Å². The highest BCUT2D eigenvalue weighted by Gasteiger charge is 2.34. The molecule has 2 rings (SSSR count). The Kier molecular flexibility index (Phi) is 4.57. The zero-order chi connectivity index (χ0) is 11.5.